The standard InChI is InChI=1S/C15H10ClF3O2/c1-21-13-8-9(6-7-12(13)16)14(20)10-4-2-3-5-11(10)15(17,18)19/h2-8H,1H3. The molecule has 0 heterocycles. The monoisotopic (exact) mass is 314 g/mol. The van der Waals surface area contributed by atoms with Crippen LogP contribution in [0.5, 0.6) is 5.75 Å². The fraction of sp³-hybridized carbons (Fsp3) is 0.133. The first-order chi connectivity index (χ1) is 9.84. The molecular formula is C15H10ClF3O2. The molecule has 2 aromatic carbocycles. The van der Waals surface area contributed by atoms with E-state index >= 15 is 0 Å². The largest absolute Gasteiger partial charge is 0.495 e. The maximum absolute atomic E-state index is 12.9. The third-order valence-electron chi connectivity index (χ3n) is 2.89. The molecule has 0 amide bonds. The molecule has 0 spiro atoms. The van der Waals surface area contributed by atoms with Gasteiger partial charge in [-0.1, -0.05) is 29.8 Å². The topological polar surface area (TPSA) is 26.3 Å². The van der Waals surface area contributed by atoms with E-state index in [1.165, 1.54) is 37.4 Å². The summed E-state index contributed by atoms with van der Waals surface area (Å²) in [4.78, 5) is 12.3. The van der Waals surface area contributed by atoms with E-state index in [-0.39, 0.29) is 16.3 Å². The number of methoxy groups -OCH3 is 1. The van der Waals surface area contributed by atoms with Gasteiger partial charge in [-0.25, -0.2) is 0 Å². The van der Waals surface area contributed by atoms with Gasteiger partial charge in [0.2, 0.25) is 0 Å². The van der Waals surface area contributed by atoms with Crippen molar-refractivity contribution in [3.63, 3.8) is 0 Å². The van der Waals surface area contributed by atoms with E-state index in [2.05, 4.69) is 0 Å². The first kappa shape index (κ1) is 15.4. The summed E-state index contributed by atoms with van der Waals surface area (Å²) in [5.74, 6) is -0.509. The zero-order valence-electron chi connectivity index (χ0n) is 10.9. The van der Waals surface area contributed by atoms with Crippen LogP contribution in [0.3, 0.4) is 0 Å². The normalized spacial score (nSPS) is 11.3. The van der Waals surface area contributed by atoms with E-state index < -0.39 is 23.1 Å². The minimum atomic E-state index is -4.59. The summed E-state index contributed by atoms with van der Waals surface area (Å²) in [7, 11) is 1.36. The van der Waals surface area contributed by atoms with Gasteiger partial charge in [-0.3, -0.25) is 4.79 Å². The molecule has 0 radical (unpaired) electrons. The lowest BCUT2D eigenvalue weighted by atomic mass is 9.98. The molecule has 0 aliphatic carbocycles. The highest BCUT2D eigenvalue weighted by molar-refractivity contribution is 6.32. The number of carbonyl (C=O) groups is 1. The van der Waals surface area contributed by atoms with Crippen molar-refractivity contribution in [2.75, 3.05) is 7.11 Å². The predicted molar refractivity (Wildman–Crippen MR) is 72.9 cm³/mol. The molecule has 0 aliphatic rings. The number of hydrogen-bond acceptors (Lipinski definition) is 2. The van der Waals surface area contributed by atoms with E-state index in [9.17, 15) is 18.0 Å². The maximum Gasteiger partial charge on any atom is 0.417 e. The number of ketones is 1. The third-order valence-corrected chi connectivity index (χ3v) is 3.20. The number of rotatable bonds is 3. The van der Waals surface area contributed by atoms with E-state index in [1.807, 2.05) is 0 Å². The number of halogens is 4. The van der Waals surface area contributed by atoms with Gasteiger partial charge in [-0.15, -0.1) is 0 Å². The Balaban J connectivity index is 2.51. The van der Waals surface area contributed by atoms with E-state index in [0.29, 0.717) is 0 Å². The van der Waals surface area contributed by atoms with Crippen LogP contribution in [0.25, 0.3) is 0 Å². The van der Waals surface area contributed by atoms with Gasteiger partial charge in [0, 0.05) is 11.1 Å². The molecule has 0 fully saturated rings. The molecule has 21 heavy (non-hydrogen) atoms. The zero-order valence-corrected chi connectivity index (χ0v) is 11.6. The van der Waals surface area contributed by atoms with Gasteiger partial charge >= 0.3 is 6.18 Å². The average molecular weight is 315 g/mol. The van der Waals surface area contributed by atoms with E-state index in [1.54, 1.807) is 0 Å². The maximum atomic E-state index is 12.9. The molecule has 2 nitrogen and oxygen atoms in total. The SMILES string of the molecule is COc1cc(C(=O)c2ccccc2C(F)(F)F)ccc1Cl. The van der Waals surface area contributed by atoms with Gasteiger partial charge in [0.1, 0.15) is 5.75 Å². The first-order valence-electron chi connectivity index (χ1n) is 5.89. The molecule has 110 valence electrons. The molecular weight excluding hydrogens is 305 g/mol. The van der Waals surface area contributed by atoms with Gasteiger partial charge in [0.15, 0.2) is 5.78 Å². The molecule has 2 aromatic rings. The van der Waals surface area contributed by atoms with Crippen molar-refractivity contribution in [2.45, 2.75) is 6.18 Å². The smallest absolute Gasteiger partial charge is 0.417 e. The summed E-state index contributed by atoms with van der Waals surface area (Å²) in [5, 5.41) is 0.276. The molecule has 0 N–H and O–H groups in total. The van der Waals surface area contributed by atoms with E-state index in [0.717, 1.165) is 12.1 Å². The highest BCUT2D eigenvalue weighted by Crippen LogP contribution is 2.33. The van der Waals surface area contributed by atoms with Crippen LogP contribution >= 0.6 is 11.6 Å². The molecule has 0 aliphatic heterocycles. The van der Waals surface area contributed by atoms with Crippen LogP contribution in [0.4, 0.5) is 13.2 Å². The van der Waals surface area contributed by atoms with Crippen LogP contribution in [-0.2, 0) is 6.18 Å². The predicted octanol–water partition coefficient (Wildman–Crippen LogP) is 4.60. The Morgan fingerprint density at radius 1 is 1.14 bits per heavy atom. The molecule has 0 atom stereocenters. The van der Waals surface area contributed by atoms with E-state index in [4.69, 9.17) is 16.3 Å². The van der Waals surface area contributed by atoms with Crippen molar-refractivity contribution in [3.8, 4) is 5.75 Å². The second-order valence-corrected chi connectivity index (χ2v) is 4.63. The van der Waals surface area contributed by atoms with Crippen LogP contribution in [-0.4, -0.2) is 12.9 Å². The first-order valence-corrected chi connectivity index (χ1v) is 6.27. The lowest BCUT2D eigenvalue weighted by Crippen LogP contribution is -2.13. The van der Waals surface area contributed by atoms with Gasteiger partial charge < -0.3 is 4.74 Å². The number of benzene rings is 2. The lowest BCUT2D eigenvalue weighted by Gasteiger charge is -2.12. The van der Waals surface area contributed by atoms with Crippen LogP contribution in [0, 0.1) is 0 Å². The summed E-state index contributed by atoms with van der Waals surface area (Å²) >= 11 is 5.83. The Morgan fingerprint density at radius 2 is 1.81 bits per heavy atom. The second-order valence-electron chi connectivity index (χ2n) is 4.22. The van der Waals surface area contributed by atoms with Crippen LogP contribution in [0.15, 0.2) is 42.5 Å². The minimum absolute atomic E-state index is 0.0768. The highest BCUT2D eigenvalue weighted by atomic mass is 35.5. The van der Waals surface area contributed by atoms with Crippen LogP contribution in [0.1, 0.15) is 21.5 Å². The zero-order chi connectivity index (χ0) is 15.6. The number of hydrogen-bond donors (Lipinski definition) is 0. The van der Waals surface area contributed by atoms with Crippen molar-refractivity contribution in [1.29, 1.82) is 0 Å². The molecule has 0 saturated carbocycles. The molecule has 0 saturated heterocycles. The molecule has 2 rings (SSSR count). The number of ether oxygens (including phenoxy) is 1. The van der Waals surface area contributed by atoms with Crippen molar-refractivity contribution in [2.24, 2.45) is 0 Å². The Labute approximate surface area is 124 Å². The van der Waals surface area contributed by atoms with Crippen molar-refractivity contribution < 1.29 is 22.7 Å². The summed E-state index contributed by atoms with van der Waals surface area (Å²) in [6, 6.07) is 8.73. The van der Waals surface area contributed by atoms with Crippen LogP contribution in [0.2, 0.25) is 5.02 Å². The van der Waals surface area contributed by atoms with Gasteiger partial charge in [-0.05, 0) is 24.3 Å². The molecule has 6 heteroatoms. The Bertz CT molecular complexity index is 681. The van der Waals surface area contributed by atoms with Crippen LogP contribution < -0.4 is 4.74 Å². The fourth-order valence-electron chi connectivity index (χ4n) is 1.88. The van der Waals surface area contributed by atoms with Crippen molar-refractivity contribution >= 4 is 17.4 Å². The lowest BCUT2D eigenvalue weighted by molar-refractivity contribution is -0.137. The third kappa shape index (κ3) is 3.19. The van der Waals surface area contributed by atoms with Crippen molar-refractivity contribution in [3.05, 3.63) is 64.2 Å². The Morgan fingerprint density at radius 3 is 2.43 bits per heavy atom. The quantitative estimate of drug-likeness (QED) is 0.774. The Kier molecular flexibility index (Phi) is 4.23. The summed E-state index contributed by atoms with van der Waals surface area (Å²) in [5.41, 5.74) is -1.30. The Hall–Kier alpha value is -2.01. The summed E-state index contributed by atoms with van der Waals surface area (Å²) < 4.78 is 43.8. The highest BCUT2D eigenvalue weighted by Gasteiger charge is 2.35. The average Bonchev–Trinajstić information content (AvgIpc) is 2.46. The summed E-state index contributed by atoms with van der Waals surface area (Å²) in [6.07, 6.45) is -4.59. The molecule has 0 bridgehead atoms. The van der Waals surface area contributed by atoms with Gasteiger partial charge in [-0.2, -0.15) is 13.2 Å². The number of alkyl halides is 3. The second kappa shape index (κ2) is 5.77. The molecule has 0 aromatic heterocycles. The van der Waals surface area contributed by atoms with Gasteiger partial charge in [0.25, 0.3) is 0 Å². The van der Waals surface area contributed by atoms with Gasteiger partial charge in [0.05, 0.1) is 17.7 Å². The number of carbonyl (C=O) groups excluding carboxylic acids is 1. The molecule has 0 unspecified atom stereocenters. The summed E-state index contributed by atoms with van der Waals surface area (Å²) in [6.45, 7) is 0. The fourth-order valence-corrected chi connectivity index (χ4v) is 2.08. The van der Waals surface area contributed by atoms with Crippen molar-refractivity contribution in [1.82, 2.24) is 0 Å². The minimum Gasteiger partial charge on any atom is -0.495 e.